The minimum absolute atomic E-state index is 0.503. The Kier molecular flexibility index (Phi) is 22.1. The molecule has 0 atom stereocenters. The Labute approximate surface area is 283 Å². The SMILES string of the molecule is CCC(C)(CC)CCC(C(C)(CC)CC)C(C)(CC)CC.CCC(C)(CC)CCCCC(C(C)(CC)CC)C(C)(CC)CC. The molecule has 0 rings (SSSR count). The van der Waals surface area contributed by atoms with Crippen LogP contribution in [0.15, 0.2) is 0 Å². The molecule has 44 heavy (non-hydrogen) atoms. The van der Waals surface area contributed by atoms with E-state index in [0.29, 0.717) is 32.5 Å². The lowest BCUT2D eigenvalue weighted by Gasteiger charge is -2.49. The lowest BCUT2D eigenvalue weighted by molar-refractivity contribution is 0.0129. The van der Waals surface area contributed by atoms with Crippen molar-refractivity contribution in [3.63, 3.8) is 0 Å². The summed E-state index contributed by atoms with van der Waals surface area (Å²) in [6, 6.07) is 0. The van der Waals surface area contributed by atoms with Gasteiger partial charge in [0.05, 0.1) is 0 Å². The van der Waals surface area contributed by atoms with Gasteiger partial charge in [-0.2, -0.15) is 0 Å². The average Bonchev–Trinajstić information content (AvgIpc) is 3.07. The van der Waals surface area contributed by atoms with Crippen LogP contribution in [0, 0.1) is 44.3 Å². The Morgan fingerprint density at radius 3 is 0.795 bits per heavy atom. The molecule has 268 valence electrons. The molecular formula is C44H92. The van der Waals surface area contributed by atoms with Crippen molar-refractivity contribution in [1.82, 2.24) is 0 Å². The largest absolute Gasteiger partial charge is 0.0649 e. The zero-order valence-corrected chi connectivity index (χ0v) is 34.9. The molecule has 0 saturated heterocycles. The van der Waals surface area contributed by atoms with E-state index in [1.807, 2.05) is 0 Å². The molecule has 0 nitrogen and oxygen atoms in total. The molecular weight excluding hydrogens is 528 g/mol. The van der Waals surface area contributed by atoms with Gasteiger partial charge in [0.15, 0.2) is 0 Å². The van der Waals surface area contributed by atoms with Crippen LogP contribution in [0.1, 0.15) is 240 Å². The van der Waals surface area contributed by atoms with Gasteiger partial charge in [-0.15, -0.1) is 0 Å². The molecule has 0 saturated carbocycles. The second-order valence-electron chi connectivity index (χ2n) is 17.4. The second kappa shape index (κ2) is 21.1. The molecule has 0 bridgehead atoms. The van der Waals surface area contributed by atoms with Crippen LogP contribution in [0.25, 0.3) is 0 Å². The van der Waals surface area contributed by atoms with E-state index in [-0.39, 0.29) is 0 Å². The molecule has 0 aromatic rings. The molecule has 0 fully saturated rings. The monoisotopic (exact) mass is 621 g/mol. The quantitative estimate of drug-likeness (QED) is 0.0942. The molecule has 0 aliphatic rings. The van der Waals surface area contributed by atoms with E-state index >= 15 is 0 Å². The first-order valence-electron chi connectivity index (χ1n) is 20.4. The van der Waals surface area contributed by atoms with Crippen LogP contribution >= 0.6 is 0 Å². The summed E-state index contributed by atoms with van der Waals surface area (Å²) >= 11 is 0. The Morgan fingerprint density at radius 1 is 0.295 bits per heavy atom. The summed E-state index contributed by atoms with van der Waals surface area (Å²) in [4.78, 5) is 0. The summed E-state index contributed by atoms with van der Waals surface area (Å²) in [5, 5.41) is 0. The first-order valence-corrected chi connectivity index (χ1v) is 20.4. The third-order valence-electron chi connectivity index (χ3n) is 15.8. The zero-order valence-electron chi connectivity index (χ0n) is 34.9. The highest BCUT2D eigenvalue weighted by Crippen LogP contribution is 2.53. The lowest BCUT2D eigenvalue weighted by Crippen LogP contribution is -2.39. The number of unbranched alkanes of at least 4 members (excludes halogenated alkanes) is 1. The molecule has 0 aliphatic carbocycles. The third kappa shape index (κ3) is 12.9. The van der Waals surface area contributed by atoms with Crippen molar-refractivity contribution in [3.05, 3.63) is 0 Å². The van der Waals surface area contributed by atoms with E-state index in [0.717, 1.165) is 11.8 Å². The van der Waals surface area contributed by atoms with Gasteiger partial charge < -0.3 is 0 Å². The topological polar surface area (TPSA) is 0 Å². The van der Waals surface area contributed by atoms with Gasteiger partial charge in [-0.1, -0.05) is 215 Å². The van der Waals surface area contributed by atoms with Gasteiger partial charge in [0.1, 0.15) is 0 Å². The molecule has 0 spiro atoms. The van der Waals surface area contributed by atoms with Crippen molar-refractivity contribution < 1.29 is 0 Å². The summed E-state index contributed by atoms with van der Waals surface area (Å²) in [7, 11) is 0. The van der Waals surface area contributed by atoms with Gasteiger partial charge in [0.2, 0.25) is 0 Å². The van der Waals surface area contributed by atoms with Crippen molar-refractivity contribution in [2.75, 3.05) is 0 Å². The molecule has 0 aliphatic heterocycles. The van der Waals surface area contributed by atoms with E-state index < -0.39 is 0 Å². The molecule has 0 aromatic carbocycles. The van der Waals surface area contributed by atoms with E-state index in [4.69, 9.17) is 0 Å². The number of hydrogen-bond donors (Lipinski definition) is 0. The van der Waals surface area contributed by atoms with E-state index in [1.54, 1.807) is 0 Å². The highest BCUT2D eigenvalue weighted by molar-refractivity contribution is 4.93. The van der Waals surface area contributed by atoms with Crippen molar-refractivity contribution in [2.45, 2.75) is 240 Å². The number of rotatable bonds is 24. The minimum atomic E-state index is 0.503. The van der Waals surface area contributed by atoms with Crippen molar-refractivity contribution in [1.29, 1.82) is 0 Å². The van der Waals surface area contributed by atoms with E-state index in [2.05, 4.69) is 125 Å². The molecule has 0 unspecified atom stereocenters. The van der Waals surface area contributed by atoms with Crippen LogP contribution in [-0.4, -0.2) is 0 Å². The Bertz CT molecular complexity index is 637. The lowest BCUT2D eigenvalue weighted by atomic mass is 9.56. The normalized spacial score (nSPS) is 13.9. The van der Waals surface area contributed by atoms with Crippen LogP contribution in [0.5, 0.6) is 0 Å². The summed E-state index contributed by atoms with van der Waals surface area (Å²) in [6.45, 7) is 43.9. The molecule has 0 heterocycles. The first kappa shape index (κ1) is 46.1. The van der Waals surface area contributed by atoms with E-state index in [1.165, 1.54) is 116 Å². The predicted molar refractivity (Wildman–Crippen MR) is 207 cm³/mol. The Hall–Kier alpha value is 0. The summed E-state index contributed by atoms with van der Waals surface area (Å²) < 4.78 is 0. The van der Waals surface area contributed by atoms with Crippen LogP contribution < -0.4 is 0 Å². The fraction of sp³-hybridized carbons (Fsp3) is 1.00. The van der Waals surface area contributed by atoms with Crippen LogP contribution in [-0.2, 0) is 0 Å². The maximum Gasteiger partial charge on any atom is -0.0298 e. The van der Waals surface area contributed by atoms with Crippen LogP contribution in [0.2, 0.25) is 0 Å². The summed E-state index contributed by atoms with van der Waals surface area (Å²) in [5.74, 6) is 1.72. The fourth-order valence-electron chi connectivity index (χ4n) is 8.65. The van der Waals surface area contributed by atoms with Crippen LogP contribution in [0.3, 0.4) is 0 Å². The van der Waals surface area contributed by atoms with Gasteiger partial charge >= 0.3 is 0 Å². The van der Waals surface area contributed by atoms with Gasteiger partial charge in [0.25, 0.3) is 0 Å². The third-order valence-corrected chi connectivity index (χ3v) is 15.8. The fourth-order valence-corrected chi connectivity index (χ4v) is 8.65. The second-order valence-corrected chi connectivity index (χ2v) is 17.4. The first-order chi connectivity index (χ1) is 20.4. The Morgan fingerprint density at radius 2 is 0.545 bits per heavy atom. The summed E-state index contributed by atoms with van der Waals surface area (Å²) in [6.07, 6.45) is 24.4. The predicted octanol–water partition coefficient (Wildman–Crippen LogP) is 16.5. The average molecular weight is 621 g/mol. The number of hydrogen-bond acceptors (Lipinski definition) is 0. The van der Waals surface area contributed by atoms with Gasteiger partial charge in [-0.3, -0.25) is 0 Å². The molecule has 0 radical (unpaired) electrons. The van der Waals surface area contributed by atoms with Crippen molar-refractivity contribution >= 4 is 0 Å². The standard InChI is InChI=1S/C23H48.C21H44/c1-10-21(7,11-2)19-17-16-18-20(22(8,12-3)13-4)23(9,14-5)15-6;1-10-19(7,11-2)17-16-18(20(8,12-3)13-4)21(9,14-5)15-6/h20H,10-19H2,1-9H3;18H,10-17H2,1-9H3. The maximum absolute atomic E-state index is 2.56. The maximum atomic E-state index is 2.56. The van der Waals surface area contributed by atoms with Gasteiger partial charge in [0, 0.05) is 0 Å². The highest BCUT2D eigenvalue weighted by atomic mass is 14.5. The smallest absolute Gasteiger partial charge is 0.0298 e. The summed E-state index contributed by atoms with van der Waals surface area (Å²) in [5.41, 5.74) is 3.15. The molecule has 0 heteroatoms. The van der Waals surface area contributed by atoms with Crippen molar-refractivity contribution in [3.8, 4) is 0 Å². The van der Waals surface area contributed by atoms with Crippen molar-refractivity contribution in [2.24, 2.45) is 44.3 Å². The molecule has 0 amide bonds. The zero-order chi connectivity index (χ0) is 34.9. The van der Waals surface area contributed by atoms with Gasteiger partial charge in [-0.25, -0.2) is 0 Å². The van der Waals surface area contributed by atoms with E-state index in [9.17, 15) is 0 Å². The Balaban J connectivity index is 0. The minimum Gasteiger partial charge on any atom is -0.0649 e. The molecule has 0 aromatic heterocycles. The van der Waals surface area contributed by atoms with Gasteiger partial charge in [-0.05, 0) is 70.0 Å². The molecule has 0 N–H and O–H groups in total. The van der Waals surface area contributed by atoms with Crippen LogP contribution in [0.4, 0.5) is 0 Å². The highest BCUT2D eigenvalue weighted by Gasteiger charge is 2.43.